The highest BCUT2D eigenvalue weighted by molar-refractivity contribution is 5.95. The molecule has 3 N–H and O–H groups in total. The molecule has 1 atom stereocenters. The van der Waals surface area contributed by atoms with Crippen molar-refractivity contribution in [3.63, 3.8) is 0 Å². The predicted octanol–water partition coefficient (Wildman–Crippen LogP) is 2.17. The maximum atomic E-state index is 11.8. The van der Waals surface area contributed by atoms with Crippen LogP contribution >= 0.6 is 0 Å². The highest BCUT2D eigenvalue weighted by atomic mass is 16.5. The molecule has 20 heavy (non-hydrogen) atoms. The van der Waals surface area contributed by atoms with Crippen molar-refractivity contribution in [2.24, 2.45) is 11.7 Å². The molecule has 0 heterocycles. The predicted molar refractivity (Wildman–Crippen MR) is 78.4 cm³/mol. The molecule has 0 aliphatic heterocycles. The molecule has 0 saturated heterocycles. The molecule has 0 radical (unpaired) electrons. The average molecular weight is 278 g/mol. The summed E-state index contributed by atoms with van der Waals surface area (Å²) in [5, 5.41) is 2.71. The van der Waals surface area contributed by atoms with Gasteiger partial charge in [-0.3, -0.25) is 4.79 Å². The molecule has 1 aromatic rings. The fraction of sp³-hybridized carbons (Fsp3) is 0.467. The third-order valence-corrected chi connectivity index (χ3v) is 2.75. The van der Waals surface area contributed by atoms with E-state index in [1.807, 2.05) is 13.8 Å². The van der Waals surface area contributed by atoms with Gasteiger partial charge < -0.3 is 15.8 Å². The Bertz CT molecular complexity index is 467. The summed E-state index contributed by atoms with van der Waals surface area (Å²) >= 11 is 0. The first-order chi connectivity index (χ1) is 9.31. The van der Waals surface area contributed by atoms with Crippen molar-refractivity contribution < 1.29 is 14.3 Å². The Balaban J connectivity index is 2.67. The van der Waals surface area contributed by atoms with Crippen molar-refractivity contribution >= 4 is 17.6 Å². The molecule has 0 bridgehead atoms. The van der Waals surface area contributed by atoms with Gasteiger partial charge in [0.2, 0.25) is 5.91 Å². The summed E-state index contributed by atoms with van der Waals surface area (Å²) in [6.07, 6.45) is -0.161. The van der Waals surface area contributed by atoms with Crippen molar-refractivity contribution in [2.75, 3.05) is 5.32 Å². The third-order valence-electron chi connectivity index (χ3n) is 2.75. The van der Waals surface area contributed by atoms with Gasteiger partial charge in [0.15, 0.2) is 0 Å². The molecule has 1 amide bonds. The fourth-order valence-corrected chi connectivity index (χ4v) is 1.50. The zero-order chi connectivity index (χ0) is 15.3. The first-order valence-corrected chi connectivity index (χ1v) is 6.68. The van der Waals surface area contributed by atoms with Crippen molar-refractivity contribution in [3.8, 4) is 0 Å². The summed E-state index contributed by atoms with van der Waals surface area (Å²) in [6, 6.07) is 5.98. The molecule has 0 saturated carbocycles. The van der Waals surface area contributed by atoms with Gasteiger partial charge in [0.25, 0.3) is 0 Å². The number of carbonyl (C=O) groups excluding carboxylic acids is 2. The summed E-state index contributed by atoms with van der Waals surface area (Å²) in [7, 11) is 0. The monoisotopic (exact) mass is 278 g/mol. The minimum absolute atomic E-state index is 0.0651. The van der Waals surface area contributed by atoms with E-state index in [-0.39, 0.29) is 23.9 Å². The maximum absolute atomic E-state index is 11.8. The van der Waals surface area contributed by atoms with Crippen LogP contribution in [0.3, 0.4) is 0 Å². The van der Waals surface area contributed by atoms with Gasteiger partial charge in [-0.05, 0) is 44.0 Å². The van der Waals surface area contributed by atoms with E-state index in [1.54, 1.807) is 38.1 Å². The topological polar surface area (TPSA) is 81.4 Å². The van der Waals surface area contributed by atoms with Gasteiger partial charge in [0.05, 0.1) is 17.7 Å². The molecule has 1 aromatic carbocycles. The van der Waals surface area contributed by atoms with Crippen LogP contribution in [0.5, 0.6) is 0 Å². The molecule has 0 aliphatic rings. The number of nitrogens with one attached hydrogen (secondary N) is 1. The number of anilines is 1. The van der Waals surface area contributed by atoms with Gasteiger partial charge in [0.1, 0.15) is 0 Å². The zero-order valence-corrected chi connectivity index (χ0v) is 12.3. The van der Waals surface area contributed by atoms with Crippen LogP contribution < -0.4 is 11.1 Å². The average Bonchev–Trinajstić information content (AvgIpc) is 2.37. The SMILES string of the molecule is CC(C)OC(=O)c1ccc(NC(=O)[C@@H](N)C(C)C)cc1. The van der Waals surface area contributed by atoms with Crippen LogP contribution in [0.15, 0.2) is 24.3 Å². The standard InChI is InChI=1S/C15H22N2O3/c1-9(2)13(16)14(18)17-12-7-5-11(6-8-12)15(19)20-10(3)4/h5-10,13H,16H2,1-4H3,(H,17,18)/t13-/m0/s1. The van der Waals surface area contributed by atoms with Crippen LogP contribution in [-0.4, -0.2) is 24.0 Å². The molecule has 5 nitrogen and oxygen atoms in total. The van der Waals surface area contributed by atoms with Crippen molar-refractivity contribution in [1.82, 2.24) is 0 Å². The highest BCUT2D eigenvalue weighted by Gasteiger charge is 2.17. The minimum atomic E-state index is -0.555. The first-order valence-electron chi connectivity index (χ1n) is 6.68. The van der Waals surface area contributed by atoms with Gasteiger partial charge in [0, 0.05) is 5.69 Å². The van der Waals surface area contributed by atoms with Gasteiger partial charge in [-0.15, -0.1) is 0 Å². The summed E-state index contributed by atoms with van der Waals surface area (Å²) in [5.74, 6) is -0.551. The second-order valence-electron chi connectivity index (χ2n) is 5.29. The lowest BCUT2D eigenvalue weighted by molar-refractivity contribution is -0.118. The summed E-state index contributed by atoms with van der Waals surface area (Å²) in [4.78, 5) is 23.4. The number of nitrogens with two attached hydrogens (primary N) is 1. The number of ether oxygens (including phenoxy) is 1. The van der Waals surface area contributed by atoms with Gasteiger partial charge in [-0.2, -0.15) is 0 Å². The Morgan fingerprint density at radius 1 is 1.10 bits per heavy atom. The van der Waals surface area contributed by atoms with Crippen LogP contribution in [0.1, 0.15) is 38.1 Å². The van der Waals surface area contributed by atoms with Gasteiger partial charge >= 0.3 is 5.97 Å². The lowest BCUT2D eigenvalue weighted by atomic mass is 10.0. The molecule has 110 valence electrons. The molecule has 0 aliphatic carbocycles. The number of hydrogen-bond acceptors (Lipinski definition) is 4. The smallest absolute Gasteiger partial charge is 0.338 e. The minimum Gasteiger partial charge on any atom is -0.459 e. The van der Waals surface area contributed by atoms with Crippen molar-refractivity contribution in [2.45, 2.75) is 39.8 Å². The summed E-state index contributed by atoms with van der Waals surface area (Å²) in [5.41, 5.74) is 6.81. The molecule has 0 unspecified atom stereocenters. The summed E-state index contributed by atoms with van der Waals surface area (Å²) in [6.45, 7) is 7.35. The molecule has 1 rings (SSSR count). The second-order valence-corrected chi connectivity index (χ2v) is 5.29. The Labute approximate surface area is 119 Å². The molecule has 0 fully saturated rings. The molecular weight excluding hydrogens is 256 g/mol. The van der Waals surface area contributed by atoms with E-state index in [0.717, 1.165) is 0 Å². The van der Waals surface area contributed by atoms with E-state index in [1.165, 1.54) is 0 Å². The number of rotatable bonds is 5. The van der Waals surface area contributed by atoms with E-state index >= 15 is 0 Å². The molecule has 5 heteroatoms. The lowest BCUT2D eigenvalue weighted by Crippen LogP contribution is -2.39. The Morgan fingerprint density at radius 2 is 1.65 bits per heavy atom. The Kier molecular flexibility index (Phi) is 5.70. The van der Waals surface area contributed by atoms with Crippen LogP contribution in [0.2, 0.25) is 0 Å². The van der Waals surface area contributed by atoms with E-state index in [4.69, 9.17) is 10.5 Å². The van der Waals surface area contributed by atoms with Gasteiger partial charge in [-0.1, -0.05) is 13.8 Å². The lowest BCUT2D eigenvalue weighted by Gasteiger charge is -2.15. The zero-order valence-electron chi connectivity index (χ0n) is 12.3. The maximum Gasteiger partial charge on any atom is 0.338 e. The number of hydrogen-bond donors (Lipinski definition) is 2. The first kappa shape index (κ1) is 16.2. The molecular formula is C15H22N2O3. The van der Waals surface area contributed by atoms with Crippen LogP contribution in [0.4, 0.5) is 5.69 Å². The fourth-order valence-electron chi connectivity index (χ4n) is 1.50. The van der Waals surface area contributed by atoms with Gasteiger partial charge in [-0.25, -0.2) is 4.79 Å². The number of amides is 1. The van der Waals surface area contributed by atoms with Crippen molar-refractivity contribution in [3.05, 3.63) is 29.8 Å². The second kappa shape index (κ2) is 7.05. The van der Waals surface area contributed by atoms with Crippen LogP contribution in [0.25, 0.3) is 0 Å². The van der Waals surface area contributed by atoms with E-state index in [9.17, 15) is 9.59 Å². The third kappa shape index (κ3) is 4.66. The van der Waals surface area contributed by atoms with E-state index in [2.05, 4.69) is 5.32 Å². The number of esters is 1. The normalized spacial score (nSPS) is 12.3. The number of benzene rings is 1. The Hall–Kier alpha value is -1.88. The summed E-state index contributed by atoms with van der Waals surface area (Å²) < 4.78 is 5.08. The Morgan fingerprint density at radius 3 is 2.10 bits per heavy atom. The van der Waals surface area contributed by atoms with Crippen molar-refractivity contribution in [1.29, 1.82) is 0 Å². The van der Waals surface area contributed by atoms with Crippen LogP contribution in [0, 0.1) is 5.92 Å². The van der Waals surface area contributed by atoms with E-state index in [0.29, 0.717) is 11.3 Å². The van der Waals surface area contributed by atoms with E-state index < -0.39 is 6.04 Å². The molecule has 0 spiro atoms. The number of carbonyl (C=O) groups is 2. The highest BCUT2D eigenvalue weighted by Crippen LogP contribution is 2.12. The largest absolute Gasteiger partial charge is 0.459 e. The molecule has 0 aromatic heterocycles. The van der Waals surface area contributed by atoms with Crippen LogP contribution in [-0.2, 0) is 9.53 Å². The quantitative estimate of drug-likeness (QED) is 0.809.